The number of thioether (sulfide) groups is 1. The zero-order chi connectivity index (χ0) is 11.6. The minimum Gasteiger partial charge on any atom is -0.377 e. The molecule has 5 unspecified atom stereocenters. The van der Waals surface area contributed by atoms with E-state index in [1.54, 1.807) is 7.85 Å². The van der Waals surface area contributed by atoms with Gasteiger partial charge in [0.15, 0.2) is 0 Å². The Morgan fingerprint density at radius 2 is 2.27 bits per heavy atom. The molecule has 0 radical (unpaired) electrons. The highest BCUT2D eigenvalue weighted by atomic mass is 32.2. The molecule has 0 aromatic rings. The number of alkyl halides is 1. The summed E-state index contributed by atoms with van der Waals surface area (Å²) in [7, 11) is -0.278. The molecule has 0 spiro atoms. The summed E-state index contributed by atoms with van der Waals surface area (Å²) in [6.07, 6.45) is -1.61. The van der Waals surface area contributed by atoms with Gasteiger partial charge in [0.1, 0.15) is 20.1 Å². The molecule has 1 heterocycles. The van der Waals surface area contributed by atoms with E-state index in [0.29, 0.717) is 0 Å². The lowest BCUT2D eigenvalue weighted by atomic mass is 9.95. The monoisotopic (exact) mass is 256 g/mol. The van der Waals surface area contributed by atoms with Gasteiger partial charge in [-0.1, -0.05) is 0 Å². The predicted molar refractivity (Wildman–Crippen MR) is 61.1 cm³/mol. The Hall–Kier alpha value is 0.455. The molecule has 15 heavy (non-hydrogen) atoms. The van der Waals surface area contributed by atoms with Crippen molar-refractivity contribution >= 4 is 27.2 Å². The van der Waals surface area contributed by atoms with Crippen LogP contribution >= 0.6 is 19.4 Å². The second-order valence-electron chi connectivity index (χ2n) is 3.62. The van der Waals surface area contributed by atoms with Crippen molar-refractivity contribution in [3.8, 4) is 0 Å². The zero-order valence-electron chi connectivity index (χ0n) is 8.92. The van der Waals surface area contributed by atoms with Gasteiger partial charge in [0.2, 0.25) is 0 Å². The average molecular weight is 256 g/mol. The number of methoxy groups -OCH3 is 1. The molecule has 0 aromatic heterocycles. The quantitative estimate of drug-likeness (QED) is 0.577. The van der Waals surface area contributed by atoms with Gasteiger partial charge in [-0.05, 0) is 0 Å². The zero-order valence-corrected chi connectivity index (χ0v) is 10.6. The van der Waals surface area contributed by atoms with Gasteiger partial charge in [0.25, 0.3) is 0 Å². The molecule has 1 aliphatic heterocycles. The van der Waals surface area contributed by atoms with Crippen molar-refractivity contribution in [2.24, 2.45) is 0 Å². The SMILES string of the molecule is BC1SC(COP(C)(=O)O)C(OC)C1F. The molecule has 1 aliphatic rings. The third kappa shape index (κ3) is 3.75. The van der Waals surface area contributed by atoms with Crippen molar-refractivity contribution < 1.29 is 23.1 Å². The van der Waals surface area contributed by atoms with E-state index in [2.05, 4.69) is 0 Å². The van der Waals surface area contributed by atoms with Crippen molar-refractivity contribution in [1.29, 1.82) is 0 Å². The molecule has 4 nitrogen and oxygen atoms in total. The number of ether oxygens (including phenoxy) is 1. The predicted octanol–water partition coefficient (Wildman–Crippen LogP) is 0.246. The van der Waals surface area contributed by atoms with Crippen LogP contribution in [0.3, 0.4) is 0 Å². The summed E-state index contributed by atoms with van der Waals surface area (Å²) in [5.41, 5.74) is 0. The molecular formula is C7H15BFO4PS. The lowest BCUT2D eigenvalue weighted by molar-refractivity contribution is 0.0359. The lowest BCUT2D eigenvalue weighted by Gasteiger charge is -2.19. The maximum Gasteiger partial charge on any atom is 0.325 e. The van der Waals surface area contributed by atoms with Gasteiger partial charge in [0, 0.05) is 18.9 Å². The van der Waals surface area contributed by atoms with E-state index in [4.69, 9.17) is 14.2 Å². The highest BCUT2D eigenvalue weighted by Gasteiger charge is 2.42. The van der Waals surface area contributed by atoms with Crippen LogP contribution in [0.25, 0.3) is 0 Å². The molecule has 1 N–H and O–H groups in total. The van der Waals surface area contributed by atoms with E-state index in [0.717, 1.165) is 6.66 Å². The molecule has 1 saturated heterocycles. The lowest BCUT2D eigenvalue weighted by Crippen LogP contribution is -2.33. The minimum atomic E-state index is -3.49. The average Bonchev–Trinajstić information content (AvgIpc) is 2.38. The van der Waals surface area contributed by atoms with E-state index in [1.807, 2.05) is 0 Å². The molecule has 0 aromatic carbocycles. The normalized spacial score (nSPS) is 40.3. The molecule has 88 valence electrons. The summed E-state index contributed by atoms with van der Waals surface area (Å²) >= 11 is 1.39. The molecular weight excluding hydrogens is 241 g/mol. The van der Waals surface area contributed by atoms with E-state index >= 15 is 0 Å². The summed E-state index contributed by atoms with van der Waals surface area (Å²) < 4.78 is 34.2. The van der Waals surface area contributed by atoms with E-state index in [1.165, 1.54) is 18.9 Å². The standard InChI is InChI=1S/C7H15BFO4PS/c1-12-6-4(3-13-14(2,10)11)15-7(8)5(6)9/h4-7H,3,8H2,1-2H3,(H,10,11). The van der Waals surface area contributed by atoms with Crippen molar-refractivity contribution in [2.75, 3.05) is 20.4 Å². The second-order valence-corrected chi connectivity index (χ2v) is 7.11. The summed E-state index contributed by atoms with van der Waals surface area (Å²) in [5, 5.41) is -0.390. The summed E-state index contributed by atoms with van der Waals surface area (Å²) in [6.45, 7) is 1.16. The maximum atomic E-state index is 13.5. The van der Waals surface area contributed by atoms with E-state index < -0.39 is 19.9 Å². The first kappa shape index (κ1) is 13.5. The van der Waals surface area contributed by atoms with Gasteiger partial charge in [-0.2, -0.15) is 11.8 Å². The fourth-order valence-electron chi connectivity index (χ4n) is 1.53. The van der Waals surface area contributed by atoms with Crippen LogP contribution in [-0.4, -0.2) is 55.8 Å². The Bertz CT molecular complexity index is 263. The van der Waals surface area contributed by atoms with Crippen molar-refractivity contribution in [3.05, 3.63) is 0 Å². The molecule has 0 bridgehead atoms. The first-order valence-electron chi connectivity index (χ1n) is 4.62. The number of hydrogen-bond acceptors (Lipinski definition) is 4. The Balaban J connectivity index is 2.52. The number of hydrogen-bond donors (Lipinski definition) is 1. The molecule has 1 rings (SSSR count). The first-order valence-corrected chi connectivity index (χ1v) is 7.59. The van der Waals surface area contributed by atoms with Crippen LogP contribution < -0.4 is 0 Å². The smallest absolute Gasteiger partial charge is 0.325 e. The Kier molecular flexibility index (Phi) is 4.68. The molecule has 5 atom stereocenters. The molecule has 0 aliphatic carbocycles. The van der Waals surface area contributed by atoms with Crippen LogP contribution in [0.5, 0.6) is 0 Å². The Morgan fingerprint density at radius 3 is 2.73 bits per heavy atom. The molecule has 1 fully saturated rings. The third-order valence-electron chi connectivity index (χ3n) is 2.27. The molecule has 8 heteroatoms. The number of halogens is 1. The highest BCUT2D eigenvalue weighted by Crippen LogP contribution is 2.41. The van der Waals surface area contributed by atoms with E-state index in [9.17, 15) is 8.96 Å². The van der Waals surface area contributed by atoms with Crippen molar-refractivity contribution in [3.63, 3.8) is 0 Å². The van der Waals surface area contributed by atoms with Gasteiger partial charge >= 0.3 is 7.60 Å². The van der Waals surface area contributed by atoms with Gasteiger partial charge in [-0.15, -0.1) is 0 Å². The maximum absolute atomic E-state index is 13.5. The fraction of sp³-hybridized carbons (Fsp3) is 1.00. The Labute approximate surface area is 93.8 Å². The largest absolute Gasteiger partial charge is 0.377 e. The van der Waals surface area contributed by atoms with Crippen LogP contribution in [0.1, 0.15) is 0 Å². The van der Waals surface area contributed by atoms with E-state index in [-0.39, 0.29) is 17.0 Å². The topological polar surface area (TPSA) is 55.8 Å². The van der Waals surface area contributed by atoms with Crippen LogP contribution in [0.15, 0.2) is 0 Å². The second kappa shape index (κ2) is 5.19. The molecule has 0 amide bonds. The van der Waals surface area contributed by atoms with Gasteiger partial charge in [-0.3, -0.25) is 4.57 Å². The van der Waals surface area contributed by atoms with Crippen molar-refractivity contribution in [1.82, 2.24) is 0 Å². The summed E-state index contributed by atoms with van der Waals surface area (Å²) in [4.78, 5) is 8.96. The molecule has 0 saturated carbocycles. The number of rotatable bonds is 4. The first-order chi connectivity index (χ1) is 6.85. The van der Waals surface area contributed by atoms with Crippen LogP contribution in [0.2, 0.25) is 0 Å². The Morgan fingerprint density at radius 1 is 1.67 bits per heavy atom. The van der Waals surface area contributed by atoms with Crippen molar-refractivity contribution in [2.45, 2.75) is 22.7 Å². The van der Waals surface area contributed by atoms with Gasteiger partial charge in [-0.25, -0.2) is 4.39 Å². The highest BCUT2D eigenvalue weighted by molar-refractivity contribution is 8.02. The fourth-order valence-corrected chi connectivity index (χ4v) is 3.49. The summed E-state index contributed by atoms with van der Waals surface area (Å²) in [6, 6.07) is 0. The van der Waals surface area contributed by atoms with Gasteiger partial charge < -0.3 is 14.2 Å². The van der Waals surface area contributed by atoms with Crippen LogP contribution in [-0.2, 0) is 13.8 Å². The third-order valence-corrected chi connectivity index (χ3v) is 4.34. The van der Waals surface area contributed by atoms with Crippen LogP contribution in [0.4, 0.5) is 4.39 Å². The van der Waals surface area contributed by atoms with Crippen LogP contribution in [0, 0.1) is 0 Å². The minimum absolute atomic E-state index is 0.0399. The summed E-state index contributed by atoms with van der Waals surface area (Å²) in [5.74, 6) is 0. The van der Waals surface area contributed by atoms with Gasteiger partial charge in [0.05, 0.1) is 11.9 Å².